The van der Waals surface area contributed by atoms with Crippen LogP contribution in [0.3, 0.4) is 0 Å². The van der Waals surface area contributed by atoms with Crippen molar-refractivity contribution in [3.63, 3.8) is 0 Å². The molecule has 3 aromatic rings. The summed E-state index contributed by atoms with van der Waals surface area (Å²) in [4.78, 5) is 26.7. The minimum Gasteiger partial charge on any atom is -0.322 e. The van der Waals surface area contributed by atoms with Gasteiger partial charge in [-0.05, 0) is 49.6 Å². The minimum absolute atomic E-state index is 0.172. The number of benzene rings is 2. The molecular formula is C22H23N5O2S. The van der Waals surface area contributed by atoms with Gasteiger partial charge in [0.2, 0.25) is 5.13 Å². The number of hydrogen-bond donors (Lipinski definition) is 2. The number of carbonyl (C=O) groups is 2. The lowest BCUT2D eigenvalue weighted by atomic mass is 10.1. The second-order valence-corrected chi connectivity index (χ2v) is 8.39. The van der Waals surface area contributed by atoms with Gasteiger partial charge in [-0.3, -0.25) is 10.1 Å². The van der Waals surface area contributed by atoms with Gasteiger partial charge in [-0.15, -0.1) is 10.2 Å². The zero-order chi connectivity index (χ0) is 21.1. The monoisotopic (exact) mass is 421 g/mol. The van der Waals surface area contributed by atoms with Crippen molar-refractivity contribution in [3.05, 3.63) is 70.7 Å². The van der Waals surface area contributed by atoms with Gasteiger partial charge in [0.25, 0.3) is 5.91 Å². The molecule has 0 spiro atoms. The van der Waals surface area contributed by atoms with Crippen LogP contribution in [0.25, 0.3) is 0 Å². The van der Waals surface area contributed by atoms with Crippen molar-refractivity contribution >= 4 is 34.1 Å². The van der Waals surface area contributed by atoms with Crippen LogP contribution >= 0.6 is 11.3 Å². The Morgan fingerprint density at radius 3 is 2.57 bits per heavy atom. The van der Waals surface area contributed by atoms with Crippen LogP contribution in [0.4, 0.5) is 15.6 Å². The molecule has 0 bridgehead atoms. The van der Waals surface area contributed by atoms with Gasteiger partial charge < -0.3 is 10.2 Å². The Hall–Kier alpha value is -3.26. The second-order valence-electron chi connectivity index (χ2n) is 7.38. The van der Waals surface area contributed by atoms with Gasteiger partial charge >= 0.3 is 6.03 Å². The van der Waals surface area contributed by atoms with Gasteiger partial charge in [0.15, 0.2) is 0 Å². The first-order valence-electron chi connectivity index (χ1n) is 9.85. The number of amides is 3. The van der Waals surface area contributed by atoms with Crippen LogP contribution in [-0.2, 0) is 0 Å². The zero-order valence-corrected chi connectivity index (χ0v) is 17.6. The molecular weight excluding hydrogens is 398 g/mol. The number of anilines is 2. The fraction of sp³-hybridized carbons (Fsp3) is 0.273. The largest absolute Gasteiger partial charge is 0.323 e. The number of carbonyl (C=O) groups excluding carboxylic acids is 2. The highest BCUT2D eigenvalue weighted by Crippen LogP contribution is 2.42. The Morgan fingerprint density at radius 1 is 1.07 bits per heavy atom. The van der Waals surface area contributed by atoms with E-state index in [0.717, 1.165) is 23.4 Å². The van der Waals surface area contributed by atoms with Gasteiger partial charge in [0, 0.05) is 24.2 Å². The van der Waals surface area contributed by atoms with E-state index in [1.165, 1.54) is 11.3 Å². The van der Waals surface area contributed by atoms with Crippen LogP contribution in [0.5, 0.6) is 0 Å². The van der Waals surface area contributed by atoms with Crippen molar-refractivity contribution in [1.29, 1.82) is 0 Å². The van der Waals surface area contributed by atoms with Crippen molar-refractivity contribution in [2.45, 2.75) is 31.7 Å². The molecule has 0 saturated heterocycles. The third kappa shape index (κ3) is 4.65. The summed E-state index contributed by atoms with van der Waals surface area (Å²) >= 11 is 1.44. The quantitative estimate of drug-likeness (QED) is 0.593. The Morgan fingerprint density at radius 2 is 1.83 bits per heavy atom. The number of urea groups is 1. The van der Waals surface area contributed by atoms with E-state index in [-0.39, 0.29) is 18.0 Å². The van der Waals surface area contributed by atoms with E-state index in [2.05, 4.69) is 20.8 Å². The molecule has 0 aliphatic heterocycles. The van der Waals surface area contributed by atoms with Crippen molar-refractivity contribution < 1.29 is 9.59 Å². The number of aromatic nitrogens is 2. The van der Waals surface area contributed by atoms with E-state index in [1.54, 1.807) is 24.1 Å². The van der Waals surface area contributed by atoms with Gasteiger partial charge in [-0.2, -0.15) is 0 Å². The number of nitrogens with zero attached hydrogens (tertiary/aromatic N) is 3. The van der Waals surface area contributed by atoms with Gasteiger partial charge in [0.05, 0.1) is 6.04 Å². The maximum Gasteiger partial charge on any atom is 0.323 e. The standard InChI is InChI=1S/C22H23N5O2S/c1-14(27(2)22(29)24-21-26-25-20(30-21)16-11-12-16)17-9-6-10-18(13-17)23-19(28)15-7-4-3-5-8-15/h3-10,13-14,16H,11-12H2,1-2H3,(H,23,28)(H,24,26,29). The van der Waals surface area contributed by atoms with Crippen molar-refractivity contribution in [2.24, 2.45) is 0 Å². The average Bonchev–Trinajstić information content (AvgIpc) is 3.52. The molecule has 2 aromatic carbocycles. The summed E-state index contributed by atoms with van der Waals surface area (Å²) in [5.74, 6) is 0.341. The van der Waals surface area contributed by atoms with Crippen molar-refractivity contribution in [3.8, 4) is 0 Å². The van der Waals surface area contributed by atoms with Crippen LogP contribution in [0, 0.1) is 0 Å². The van der Waals surface area contributed by atoms with E-state index >= 15 is 0 Å². The molecule has 1 saturated carbocycles. The van der Waals surface area contributed by atoms with Gasteiger partial charge in [0.1, 0.15) is 5.01 Å². The van der Waals surface area contributed by atoms with Gasteiger partial charge in [-0.1, -0.05) is 41.7 Å². The summed E-state index contributed by atoms with van der Waals surface area (Å²) in [5.41, 5.74) is 2.18. The average molecular weight is 422 g/mol. The number of rotatable bonds is 6. The van der Waals surface area contributed by atoms with Crippen LogP contribution < -0.4 is 10.6 Å². The Kier molecular flexibility index (Phi) is 5.76. The number of hydrogen-bond acceptors (Lipinski definition) is 5. The first-order chi connectivity index (χ1) is 14.5. The summed E-state index contributed by atoms with van der Waals surface area (Å²) in [6, 6.07) is 16.1. The van der Waals surface area contributed by atoms with Crippen molar-refractivity contribution in [1.82, 2.24) is 15.1 Å². The van der Waals surface area contributed by atoms with Crippen molar-refractivity contribution in [2.75, 3.05) is 17.7 Å². The third-order valence-electron chi connectivity index (χ3n) is 5.15. The third-order valence-corrected chi connectivity index (χ3v) is 6.15. The van der Waals surface area contributed by atoms with E-state index in [4.69, 9.17) is 0 Å². The lowest BCUT2D eigenvalue weighted by molar-refractivity contribution is 0.102. The van der Waals surface area contributed by atoms with E-state index < -0.39 is 0 Å². The van der Waals surface area contributed by atoms with E-state index in [1.807, 2.05) is 49.4 Å². The van der Waals surface area contributed by atoms with Crippen LogP contribution in [0.15, 0.2) is 54.6 Å². The first kappa shape index (κ1) is 20.0. The molecule has 1 aromatic heterocycles. The summed E-state index contributed by atoms with van der Waals surface area (Å²) in [7, 11) is 1.73. The minimum atomic E-state index is -0.250. The van der Waals surface area contributed by atoms with Gasteiger partial charge in [-0.25, -0.2) is 4.79 Å². The number of nitrogens with one attached hydrogen (secondary N) is 2. The zero-order valence-electron chi connectivity index (χ0n) is 16.8. The normalized spacial score (nSPS) is 14.1. The summed E-state index contributed by atoms with van der Waals surface area (Å²) in [6.45, 7) is 1.94. The molecule has 1 aliphatic rings. The molecule has 4 rings (SSSR count). The lowest BCUT2D eigenvalue weighted by Gasteiger charge is -2.25. The summed E-state index contributed by atoms with van der Waals surface area (Å²) in [5, 5.41) is 15.5. The fourth-order valence-electron chi connectivity index (χ4n) is 3.03. The van der Waals surface area contributed by atoms with Crippen LogP contribution in [-0.4, -0.2) is 34.1 Å². The highest BCUT2D eigenvalue weighted by atomic mass is 32.1. The molecule has 1 heterocycles. The molecule has 1 unspecified atom stereocenters. The Balaban J connectivity index is 1.40. The predicted octanol–water partition coefficient (Wildman–Crippen LogP) is 4.89. The predicted molar refractivity (Wildman–Crippen MR) is 118 cm³/mol. The molecule has 8 heteroatoms. The molecule has 1 aliphatic carbocycles. The SMILES string of the molecule is CC(c1cccc(NC(=O)c2ccccc2)c1)N(C)C(=O)Nc1nnc(C2CC2)s1. The topological polar surface area (TPSA) is 87.2 Å². The Labute approximate surface area is 179 Å². The van der Waals surface area contributed by atoms with E-state index in [9.17, 15) is 9.59 Å². The molecule has 2 N–H and O–H groups in total. The second kappa shape index (κ2) is 8.62. The molecule has 7 nitrogen and oxygen atoms in total. The smallest absolute Gasteiger partial charge is 0.322 e. The first-order valence-corrected chi connectivity index (χ1v) is 10.7. The maximum atomic E-state index is 12.7. The highest BCUT2D eigenvalue weighted by Gasteiger charge is 2.28. The highest BCUT2D eigenvalue weighted by molar-refractivity contribution is 7.15. The summed E-state index contributed by atoms with van der Waals surface area (Å²) in [6.07, 6.45) is 2.30. The van der Waals surface area contributed by atoms with E-state index in [0.29, 0.717) is 22.3 Å². The molecule has 1 fully saturated rings. The lowest BCUT2D eigenvalue weighted by Crippen LogP contribution is -2.33. The maximum absolute atomic E-state index is 12.7. The molecule has 0 radical (unpaired) electrons. The molecule has 3 amide bonds. The Bertz CT molecular complexity index is 1050. The fourth-order valence-corrected chi connectivity index (χ4v) is 3.93. The summed E-state index contributed by atoms with van der Waals surface area (Å²) < 4.78 is 0. The molecule has 30 heavy (non-hydrogen) atoms. The van der Waals surface area contributed by atoms with Crippen LogP contribution in [0.1, 0.15) is 52.7 Å². The molecule has 1 atom stereocenters. The molecule has 154 valence electrons. The van der Waals surface area contributed by atoms with Crippen LogP contribution in [0.2, 0.25) is 0 Å².